The van der Waals surface area contributed by atoms with Gasteiger partial charge in [0.05, 0.1) is 0 Å². The smallest absolute Gasteiger partial charge is 0.223 e. The normalized spacial score (nSPS) is 12.4. The quantitative estimate of drug-likeness (QED) is 0.845. The Bertz CT molecular complexity index is 586. The Kier molecular flexibility index (Phi) is 5.59. The molecule has 1 atom stereocenters. The third-order valence-corrected chi connectivity index (χ3v) is 3.30. The van der Waals surface area contributed by atoms with E-state index >= 15 is 0 Å². The van der Waals surface area contributed by atoms with Crippen molar-refractivity contribution in [2.45, 2.75) is 39.8 Å². The van der Waals surface area contributed by atoms with E-state index in [0.717, 1.165) is 24.3 Å². The van der Waals surface area contributed by atoms with E-state index in [2.05, 4.69) is 29.3 Å². The first-order chi connectivity index (χ1) is 10.1. The highest BCUT2D eigenvalue weighted by Crippen LogP contribution is 2.29. The largest absolute Gasteiger partial charge is 0.485 e. The summed E-state index contributed by atoms with van der Waals surface area (Å²) in [5, 5.41) is 7.94. The number of ether oxygens (including phenoxy) is 1. The first-order valence-corrected chi connectivity index (χ1v) is 7.42. The van der Waals surface area contributed by atoms with Gasteiger partial charge in [0, 0.05) is 23.6 Å². The summed E-state index contributed by atoms with van der Waals surface area (Å²) in [5.74, 6) is 1.84. The number of hydrogen-bond acceptors (Lipinski definition) is 5. The maximum absolute atomic E-state index is 6.09. The van der Waals surface area contributed by atoms with Crippen LogP contribution in [0.2, 0.25) is 5.02 Å². The molecular formula is C15H20ClN3O2. The van der Waals surface area contributed by atoms with Crippen LogP contribution in [0.5, 0.6) is 5.75 Å². The molecule has 6 heteroatoms. The topological polar surface area (TPSA) is 60.2 Å². The van der Waals surface area contributed by atoms with Gasteiger partial charge in [-0.05, 0) is 38.1 Å². The van der Waals surface area contributed by atoms with E-state index in [1.165, 1.54) is 0 Å². The third-order valence-electron chi connectivity index (χ3n) is 3.07. The maximum Gasteiger partial charge on any atom is 0.223 e. The lowest BCUT2D eigenvalue weighted by Gasteiger charge is -2.18. The molecule has 1 heterocycles. The number of benzene rings is 1. The zero-order chi connectivity index (χ0) is 15.2. The molecule has 0 spiro atoms. The number of aromatic nitrogens is 2. The van der Waals surface area contributed by atoms with Gasteiger partial charge in [0.2, 0.25) is 11.7 Å². The van der Waals surface area contributed by atoms with E-state index < -0.39 is 0 Å². The molecular weight excluding hydrogens is 290 g/mol. The summed E-state index contributed by atoms with van der Waals surface area (Å²) in [6.45, 7) is 7.19. The minimum atomic E-state index is 0.158. The first kappa shape index (κ1) is 15.8. The molecule has 0 aliphatic carbocycles. The minimum Gasteiger partial charge on any atom is -0.485 e. The summed E-state index contributed by atoms with van der Waals surface area (Å²) in [4.78, 5) is 4.12. The fourth-order valence-corrected chi connectivity index (χ4v) is 2.18. The predicted octanol–water partition coefficient (Wildman–Crippen LogP) is 3.67. The fourth-order valence-electron chi connectivity index (χ4n) is 2.00. The lowest BCUT2D eigenvalue weighted by atomic mass is 10.1. The summed E-state index contributed by atoms with van der Waals surface area (Å²) >= 11 is 6.09. The van der Waals surface area contributed by atoms with Gasteiger partial charge in [0.15, 0.2) is 6.61 Å². The molecule has 0 saturated carbocycles. The fraction of sp³-hybridized carbons (Fsp3) is 0.467. The zero-order valence-electron chi connectivity index (χ0n) is 12.5. The van der Waals surface area contributed by atoms with Crippen LogP contribution in [-0.4, -0.2) is 16.7 Å². The van der Waals surface area contributed by atoms with E-state index in [0.29, 0.717) is 16.7 Å². The highest BCUT2D eigenvalue weighted by atomic mass is 35.5. The molecule has 114 valence electrons. The molecule has 21 heavy (non-hydrogen) atoms. The van der Waals surface area contributed by atoms with Crippen LogP contribution in [-0.2, 0) is 6.61 Å². The Morgan fingerprint density at radius 1 is 1.43 bits per heavy atom. The van der Waals surface area contributed by atoms with Crippen molar-refractivity contribution in [2.24, 2.45) is 0 Å². The molecule has 0 fully saturated rings. The van der Waals surface area contributed by atoms with E-state index in [9.17, 15) is 0 Å². The summed E-state index contributed by atoms with van der Waals surface area (Å²) in [7, 11) is 0. The second-order valence-electron chi connectivity index (χ2n) is 4.88. The van der Waals surface area contributed by atoms with Crippen LogP contribution in [0.1, 0.15) is 43.6 Å². The average molecular weight is 310 g/mol. The van der Waals surface area contributed by atoms with Gasteiger partial charge in [-0.25, -0.2) is 0 Å². The van der Waals surface area contributed by atoms with Gasteiger partial charge in [-0.15, -0.1) is 0 Å². The molecule has 2 aromatic rings. The summed E-state index contributed by atoms with van der Waals surface area (Å²) in [6.07, 6.45) is 1.07. The standard InChI is InChI=1S/C15H20ClN3O2/c1-4-7-17-10(2)13-8-12(16)5-6-14(13)20-9-15-18-11(3)21-19-15/h5-6,8,10,17H,4,7,9H2,1-3H3. The molecule has 0 aliphatic rings. The van der Waals surface area contributed by atoms with Crippen LogP contribution < -0.4 is 10.1 Å². The number of rotatable bonds is 7. The van der Waals surface area contributed by atoms with Crippen molar-refractivity contribution in [1.29, 1.82) is 0 Å². The Hall–Kier alpha value is -1.59. The van der Waals surface area contributed by atoms with Crippen LogP contribution in [0.4, 0.5) is 0 Å². The van der Waals surface area contributed by atoms with Crippen molar-refractivity contribution in [3.05, 3.63) is 40.5 Å². The lowest BCUT2D eigenvalue weighted by molar-refractivity contribution is 0.280. The van der Waals surface area contributed by atoms with Gasteiger partial charge < -0.3 is 14.6 Å². The van der Waals surface area contributed by atoms with E-state index in [1.807, 2.05) is 18.2 Å². The van der Waals surface area contributed by atoms with Crippen LogP contribution >= 0.6 is 11.6 Å². The first-order valence-electron chi connectivity index (χ1n) is 7.05. The third kappa shape index (κ3) is 4.44. The van der Waals surface area contributed by atoms with E-state index in [4.69, 9.17) is 20.9 Å². The minimum absolute atomic E-state index is 0.158. The van der Waals surface area contributed by atoms with Gasteiger partial charge in [-0.3, -0.25) is 0 Å². The van der Waals surface area contributed by atoms with Crippen molar-refractivity contribution in [3.63, 3.8) is 0 Å². The van der Waals surface area contributed by atoms with E-state index in [1.54, 1.807) is 6.92 Å². The summed E-state index contributed by atoms with van der Waals surface area (Å²) < 4.78 is 10.7. The number of nitrogens with one attached hydrogen (secondary N) is 1. The highest BCUT2D eigenvalue weighted by Gasteiger charge is 2.13. The molecule has 2 rings (SSSR count). The Balaban J connectivity index is 2.10. The molecule has 1 aromatic carbocycles. The molecule has 1 unspecified atom stereocenters. The molecule has 0 aliphatic heterocycles. The van der Waals surface area contributed by atoms with Crippen molar-refractivity contribution < 1.29 is 9.26 Å². The number of hydrogen-bond donors (Lipinski definition) is 1. The van der Waals surface area contributed by atoms with Crippen molar-refractivity contribution in [3.8, 4) is 5.75 Å². The van der Waals surface area contributed by atoms with Gasteiger partial charge in [-0.2, -0.15) is 4.98 Å². The van der Waals surface area contributed by atoms with Crippen LogP contribution in [0.25, 0.3) is 0 Å². The molecule has 1 aromatic heterocycles. The van der Waals surface area contributed by atoms with Crippen molar-refractivity contribution >= 4 is 11.6 Å². The average Bonchev–Trinajstić information content (AvgIpc) is 2.89. The summed E-state index contributed by atoms with van der Waals surface area (Å²) in [5.41, 5.74) is 1.02. The highest BCUT2D eigenvalue weighted by molar-refractivity contribution is 6.30. The van der Waals surface area contributed by atoms with Gasteiger partial charge in [0.1, 0.15) is 5.75 Å². The van der Waals surface area contributed by atoms with Crippen LogP contribution in [0.3, 0.4) is 0 Å². The maximum atomic E-state index is 6.09. The number of nitrogens with zero attached hydrogens (tertiary/aromatic N) is 2. The Morgan fingerprint density at radius 3 is 2.90 bits per heavy atom. The predicted molar refractivity (Wildman–Crippen MR) is 81.5 cm³/mol. The molecule has 5 nitrogen and oxygen atoms in total. The molecule has 0 saturated heterocycles. The Morgan fingerprint density at radius 2 is 2.24 bits per heavy atom. The monoisotopic (exact) mass is 309 g/mol. The van der Waals surface area contributed by atoms with Crippen LogP contribution in [0.15, 0.2) is 22.7 Å². The molecule has 0 amide bonds. The van der Waals surface area contributed by atoms with Crippen molar-refractivity contribution in [1.82, 2.24) is 15.5 Å². The van der Waals surface area contributed by atoms with Gasteiger partial charge in [-0.1, -0.05) is 23.7 Å². The Labute approximate surface area is 129 Å². The second kappa shape index (κ2) is 7.43. The second-order valence-corrected chi connectivity index (χ2v) is 5.31. The van der Waals surface area contributed by atoms with E-state index in [-0.39, 0.29) is 12.6 Å². The van der Waals surface area contributed by atoms with Gasteiger partial charge in [0.25, 0.3) is 0 Å². The number of halogens is 1. The summed E-state index contributed by atoms with van der Waals surface area (Å²) in [6, 6.07) is 5.76. The van der Waals surface area contributed by atoms with Crippen molar-refractivity contribution in [2.75, 3.05) is 6.54 Å². The molecule has 1 N–H and O–H groups in total. The molecule has 0 radical (unpaired) electrons. The lowest BCUT2D eigenvalue weighted by Crippen LogP contribution is -2.20. The SMILES string of the molecule is CCCNC(C)c1cc(Cl)ccc1OCc1noc(C)n1. The van der Waals surface area contributed by atoms with Gasteiger partial charge >= 0.3 is 0 Å². The van der Waals surface area contributed by atoms with Crippen LogP contribution in [0, 0.1) is 6.92 Å². The molecule has 0 bridgehead atoms. The zero-order valence-corrected chi connectivity index (χ0v) is 13.3. The number of aryl methyl sites for hydroxylation is 1.